The Labute approximate surface area is 284 Å². The van der Waals surface area contributed by atoms with Crippen LogP contribution in [0.1, 0.15) is 60.4 Å². The number of halogens is 4. The molecular formula is C32H39Cl4N5O4. The summed E-state index contributed by atoms with van der Waals surface area (Å²) in [6.07, 6.45) is 4.10. The first kappa shape index (κ1) is 35.3. The Hall–Kier alpha value is -2.56. The summed E-state index contributed by atoms with van der Waals surface area (Å²) in [5, 5.41) is 5.99. The van der Waals surface area contributed by atoms with E-state index in [2.05, 4.69) is 10.1 Å². The van der Waals surface area contributed by atoms with Crippen molar-refractivity contribution in [2.75, 3.05) is 46.9 Å². The molecule has 13 heteroatoms. The second-order valence-corrected chi connectivity index (χ2v) is 13.4. The van der Waals surface area contributed by atoms with E-state index >= 15 is 0 Å². The molecular weight excluding hydrogens is 660 g/mol. The summed E-state index contributed by atoms with van der Waals surface area (Å²) >= 11 is 25.0. The Morgan fingerprint density at radius 2 is 1.71 bits per heavy atom. The molecule has 2 saturated heterocycles. The Bertz CT molecular complexity index is 1400. The zero-order valence-electron chi connectivity index (χ0n) is 25.5. The molecule has 2 N–H and O–H groups in total. The van der Waals surface area contributed by atoms with Crippen LogP contribution in [0.3, 0.4) is 0 Å². The molecule has 0 saturated carbocycles. The molecule has 9 nitrogen and oxygen atoms in total. The highest BCUT2D eigenvalue weighted by Gasteiger charge is 2.35. The van der Waals surface area contributed by atoms with E-state index in [-0.39, 0.29) is 42.7 Å². The van der Waals surface area contributed by atoms with Crippen molar-refractivity contribution in [3.63, 3.8) is 0 Å². The number of oxime groups is 1. The number of likely N-dealkylation sites (tertiary alicyclic amines) is 2. The maximum Gasteiger partial charge on any atom is 0.254 e. The molecule has 2 atom stereocenters. The number of carbonyl (C=O) groups excluding carboxylic acids is 3. The van der Waals surface area contributed by atoms with Crippen LogP contribution in [0, 0.1) is 5.92 Å². The van der Waals surface area contributed by atoms with Crippen molar-refractivity contribution < 1.29 is 19.2 Å². The lowest BCUT2D eigenvalue weighted by Gasteiger charge is -2.42. The van der Waals surface area contributed by atoms with Crippen LogP contribution >= 0.6 is 46.4 Å². The molecule has 4 rings (SSSR count). The van der Waals surface area contributed by atoms with Crippen LogP contribution in [0.5, 0.6) is 0 Å². The van der Waals surface area contributed by atoms with Gasteiger partial charge in [-0.2, -0.15) is 0 Å². The highest BCUT2D eigenvalue weighted by atomic mass is 35.5. The number of rotatable bonds is 12. The average Bonchev–Trinajstić information content (AvgIpc) is 2.99. The van der Waals surface area contributed by atoms with Crippen molar-refractivity contribution in [2.45, 2.75) is 50.5 Å². The van der Waals surface area contributed by atoms with Crippen LogP contribution in [-0.2, 0) is 14.4 Å². The summed E-state index contributed by atoms with van der Waals surface area (Å²) < 4.78 is 0. The zero-order chi connectivity index (χ0) is 32.7. The van der Waals surface area contributed by atoms with Gasteiger partial charge in [-0.15, -0.1) is 0 Å². The summed E-state index contributed by atoms with van der Waals surface area (Å²) in [4.78, 5) is 49.0. The van der Waals surface area contributed by atoms with Gasteiger partial charge in [0.05, 0.1) is 22.3 Å². The smallest absolute Gasteiger partial charge is 0.254 e. The van der Waals surface area contributed by atoms with E-state index in [1.807, 2.05) is 17.0 Å². The Morgan fingerprint density at radius 3 is 2.33 bits per heavy atom. The number of hydrogen-bond acceptors (Lipinski definition) is 6. The largest absolute Gasteiger partial charge is 0.399 e. The van der Waals surface area contributed by atoms with Crippen molar-refractivity contribution in [1.29, 1.82) is 0 Å². The van der Waals surface area contributed by atoms with Crippen LogP contribution in [0.15, 0.2) is 41.6 Å². The van der Waals surface area contributed by atoms with Crippen LogP contribution in [-0.4, -0.2) is 91.1 Å². The third kappa shape index (κ3) is 9.48. The highest BCUT2D eigenvalue weighted by Crippen LogP contribution is 2.31. The quantitative estimate of drug-likeness (QED) is 0.212. The van der Waals surface area contributed by atoms with E-state index in [9.17, 15) is 14.4 Å². The molecule has 0 aliphatic carbocycles. The molecule has 0 aromatic heterocycles. The number of nitrogens with two attached hydrogens (primary N) is 1. The maximum atomic E-state index is 13.3. The van der Waals surface area contributed by atoms with E-state index in [4.69, 9.17) is 57.0 Å². The van der Waals surface area contributed by atoms with Crippen molar-refractivity contribution >= 4 is 69.8 Å². The summed E-state index contributed by atoms with van der Waals surface area (Å²) in [5.41, 5.74) is 7.31. The normalized spacial score (nSPS) is 19.0. The number of carbonyl (C=O) groups is 3. The van der Waals surface area contributed by atoms with Gasteiger partial charge in [0.1, 0.15) is 7.11 Å². The van der Waals surface area contributed by atoms with Gasteiger partial charge < -0.3 is 25.3 Å². The first-order valence-electron chi connectivity index (χ1n) is 15.0. The van der Waals surface area contributed by atoms with Gasteiger partial charge in [-0.1, -0.05) is 57.6 Å². The fraction of sp³-hybridized carbons (Fsp3) is 0.500. The first-order valence-corrected chi connectivity index (χ1v) is 16.6. The molecule has 3 amide bonds. The molecule has 2 aliphatic heterocycles. The van der Waals surface area contributed by atoms with E-state index < -0.39 is 5.91 Å². The predicted molar refractivity (Wildman–Crippen MR) is 179 cm³/mol. The third-order valence-electron chi connectivity index (χ3n) is 8.58. The number of hydrogen-bond donors (Lipinski definition) is 1. The Balaban J connectivity index is 1.45. The first-order chi connectivity index (χ1) is 21.5. The zero-order valence-corrected chi connectivity index (χ0v) is 28.5. The number of benzene rings is 2. The number of piperidine rings is 2. The SMILES string of the molecule is CO/N=C(/CN(C)C(=O)c1cc(Cl)cc(Cl)c1)C(CCN1CCC(N2CCCC(CC(N)=O)C2=O)CC1)c1ccc(Cl)c(Cl)c1. The minimum Gasteiger partial charge on any atom is -0.399 e. The van der Waals surface area contributed by atoms with E-state index in [0.717, 1.165) is 51.0 Å². The molecule has 0 bridgehead atoms. The summed E-state index contributed by atoms with van der Waals surface area (Å²) in [6, 6.07) is 10.4. The fourth-order valence-electron chi connectivity index (χ4n) is 6.32. The van der Waals surface area contributed by atoms with Gasteiger partial charge >= 0.3 is 0 Å². The third-order valence-corrected chi connectivity index (χ3v) is 9.75. The van der Waals surface area contributed by atoms with E-state index in [1.165, 1.54) is 7.11 Å². The topological polar surface area (TPSA) is 109 Å². The number of nitrogens with zero attached hydrogens (tertiary/aromatic N) is 4. The molecule has 0 spiro atoms. The van der Waals surface area contributed by atoms with Crippen molar-refractivity contribution in [3.8, 4) is 0 Å². The summed E-state index contributed by atoms with van der Waals surface area (Å²) in [6.45, 7) is 3.32. The minimum absolute atomic E-state index is 0.0531. The van der Waals surface area contributed by atoms with Crippen molar-refractivity contribution in [1.82, 2.24) is 14.7 Å². The standard InChI is InChI=1S/C32H39Cl4N5O4/c1-39(31(43)22-14-23(33)18-24(34)15-22)19-29(38-45-2)26(20-5-6-27(35)28(36)16-20)9-13-40-11-7-25(8-12-40)41-10-3-4-21(32(41)44)17-30(37)42/h5-6,14-16,18,21,25-26H,3-4,7-13,17,19H2,1-2H3,(H2,37,42)/b38-29-. The van der Waals surface area contributed by atoms with Gasteiger partial charge in [-0.3, -0.25) is 14.4 Å². The lowest BCUT2D eigenvalue weighted by Crippen LogP contribution is -2.52. The van der Waals surface area contributed by atoms with E-state index in [1.54, 1.807) is 36.2 Å². The molecule has 2 heterocycles. The minimum atomic E-state index is -0.428. The van der Waals surface area contributed by atoms with Gasteiger partial charge in [-0.25, -0.2) is 0 Å². The molecule has 2 fully saturated rings. The van der Waals surface area contributed by atoms with Crippen molar-refractivity contribution in [3.05, 3.63) is 67.6 Å². The molecule has 45 heavy (non-hydrogen) atoms. The molecule has 2 aliphatic rings. The lowest BCUT2D eigenvalue weighted by molar-refractivity contribution is -0.144. The Morgan fingerprint density at radius 1 is 1.02 bits per heavy atom. The molecule has 0 radical (unpaired) electrons. The highest BCUT2D eigenvalue weighted by molar-refractivity contribution is 6.42. The van der Waals surface area contributed by atoms with Gasteiger partial charge in [0.25, 0.3) is 5.91 Å². The van der Waals surface area contributed by atoms with E-state index in [0.29, 0.717) is 44.2 Å². The van der Waals surface area contributed by atoms with Gasteiger partial charge in [0.2, 0.25) is 11.8 Å². The maximum absolute atomic E-state index is 13.3. The van der Waals surface area contributed by atoms with Gasteiger partial charge in [0.15, 0.2) is 0 Å². The summed E-state index contributed by atoms with van der Waals surface area (Å²) in [7, 11) is 3.17. The molecule has 244 valence electrons. The molecule has 2 unspecified atom stereocenters. The second-order valence-electron chi connectivity index (χ2n) is 11.7. The van der Waals surface area contributed by atoms with Gasteiger partial charge in [-0.05, 0) is 74.5 Å². The van der Waals surface area contributed by atoms with Crippen LogP contribution in [0.2, 0.25) is 20.1 Å². The van der Waals surface area contributed by atoms with Crippen molar-refractivity contribution in [2.24, 2.45) is 16.8 Å². The monoisotopic (exact) mass is 697 g/mol. The fourth-order valence-corrected chi connectivity index (χ4v) is 7.16. The lowest BCUT2D eigenvalue weighted by atomic mass is 9.89. The van der Waals surface area contributed by atoms with Crippen LogP contribution < -0.4 is 5.73 Å². The van der Waals surface area contributed by atoms with Crippen LogP contribution in [0.4, 0.5) is 0 Å². The molecule has 2 aromatic rings. The number of amides is 3. The van der Waals surface area contributed by atoms with Crippen LogP contribution in [0.25, 0.3) is 0 Å². The number of primary amides is 1. The predicted octanol–water partition coefficient (Wildman–Crippen LogP) is 6.13. The average molecular weight is 700 g/mol. The summed E-state index contributed by atoms with van der Waals surface area (Å²) in [5.74, 6) is -1.17. The second kappa shape index (κ2) is 16.3. The van der Waals surface area contributed by atoms with Gasteiger partial charge in [0, 0.05) is 66.6 Å². The molecule has 2 aromatic carbocycles. The Kier molecular flexibility index (Phi) is 12.8.